The molecule has 0 radical (unpaired) electrons. The molecule has 1 unspecified atom stereocenters. The Morgan fingerprint density at radius 1 is 1.33 bits per heavy atom. The Labute approximate surface area is 91.3 Å². The fourth-order valence-electron chi connectivity index (χ4n) is 1.30. The van der Waals surface area contributed by atoms with Gasteiger partial charge >= 0.3 is 0 Å². The summed E-state index contributed by atoms with van der Waals surface area (Å²) < 4.78 is 5.38. The molecule has 1 aromatic rings. The van der Waals surface area contributed by atoms with Gasteiger partial charge in [-0.25, -0.2) is 0 Å². The minimum atomic E-state index is -0.263. The van der Waals surface area contributed by atoms with Crippen LogP contribution in [0.15, 0.2) is 30.3 Å². The molecule has 0 saturated carbocycles. The van der Waals surface area contributed by atoms with E-state index in [1.165, 1.54) is 5.56 Å². The van der Waals surface area contributed by atoms with E-state index in [0.29, 0.717) is 6.61 Å². The Morgan fingerprint density at radius 3 is 2.60 bits per heavy atom. The quantitative estimate of drug-likeness (QED) is 0.669. The molecular formula is C13H18O2. The minimum Gasteiger partial charge on any atom is -0.371 e. The van der Waals surface area contributed by atoms with Gasteiger partial charge in [0.15, 0.2) is 5.78 Å². The van der Waals surface area contributed by atoms with Crippen molar-refractivity contribution in [2.75, 3.05) is 6.61 Å². The van der Waals surface area contributed by atoms with Crippen molar-refractivity contribution in [2.24, 2.45) is 0 Å². The highest BCUT2D eigenvalue weighted by Gasteiger charge is 2.06. The maximum Gasteiger partial charge on any atom is 0.158 e. The van der Waals surface area contributed by atoms with Crippen molar-refractivity contribution in [3.63, 3.8) is 0 Å². The van der Waals surface area contributed by atoms with Gasteiger partial charge in [-0.15, -0.1) is 0 Å². The molecule has 82 valence electrons. The van der Waals surface area contributed by atoms with E-state index in [9.17, 15) is 4.79 Å². The van der Waals surface area contributed by atoms with Crippen molar-refractivity contribution in [1.82, 2.24) is 0 Å². The van der Waals surface area contributed by atoms with Crippen LogP contribution in [0.25, 0.3) is 0 Å². The third-order valence-electron chi connectivity index (χ3n) is 2.39. The van der Waals surface area contributed by atoms with Crippen LogP contribution < -0.4 is 0 Å². The summed E-state index contributed by atoms with van der Waals surface area (Å²) in [7, 11) is 0. The first-order chi connectivity index (χ1) is 7.20. The third-order valence-corrected chi connectivity index (χ3v) is 2.39. The maximum absolute atomic E-state index is 10.9. The van der Waals surface area contributed by atoms with Crippen LogP contribution in [0.5, 0.6) is 0 Å². The van der Waals surface area contributed by atoms with Crippen molar-refractivity contribution in [1.29, 1.82) is 0 Å². The molecule has 1 aromatic carbocycles. The van der Waals surface area contributed by atoms with Crippen LogP contribution in [-0.4, -0.2) is 18.5 Å². The second kappa shape index (κ2) is 6.36. The van der Waals surface area contributed by atoms with Crippen LogP contribution in [0, 0.1) is 0 Å². The molecule has 0 spiro atoms. The van der Waals surface area contributed by atoms with E-state index in [-0.39, 0.29) is 11.9 Å². The molecular weight excluding hydrogens is 188 g/mol. The highest BCUT2D eigenvalue weighted by molar-refractivity contribution is 5.79. The summed E-state index contributed by atoms with van der Waals surface area (Å²) >= 11 is 0. The van der Waals surface area contributed by atoms with Gasteiger partial charge < -0.3 is 4.74 Å². The molecule has 0 aliphatic heterocycles. The van der Waals surface area contributed by atoms with E-state index in [0.717, 1.165) is 12.8 Å². The standard InChI is InChI=1S/C13H18O2/c1-11(14)12(2)15-10-6-9-13-7-4-3-5-8-13/h3-5,7-8,12H,6,9-10H2,1-2H3. The average molecular weight is 206 g/mol. The molecule has 0 aliphatic carbocycles. The zero-order valence-electron chi connectivity index (χ0n) is 9.40. The van der Waals surface area contributed by atoms with Crippen LogP contribution in [0.1, 0.15) is 25.8 Å². The Kier molecular flexibility index (Phi) is 5.05. The van der Waals surface area contributed by atoms with Crippen molar-refractivity contribution in [2.45, 2.75) is 32.8 Å². The van der Waals surface area contributed by atoms with Crippen LogP contribution in [0.2, 0.25) is 0 Å². The first-order valence-electron chi connectivity index (χ1n) is 5.36. The lowest BCUT2D eigenvalue weighted by Gasteiger charge is -2.09. The number of Topliss-reactive ketones (excluding diaryl/α,β-unsaturated/α-hetero) is 1. The lowest BCUT2D eigenvalue weighted by atomic mass is 10.1. The molecule has 1 rings (SSSR count). The molecule has 0 amide bonds. The zero-order chi connectivity index (χ0) is 11.1. The molecule has 0 fully saturated rings. The van der Waals surface area contributed by atoms with Gasteiger partial charge in [0.25, 0.3) is 0 Å². The lowest BCUT2D eigenvalue weighted by molar-refractivity contribution is -0.127. The summed E-state index contributed by atoms with van der Waals surface area (Å²) in [6.45, 7) is 4.00. The summed E-state index contributed by atoms with van der Waals surface area (Å²) in [5, 5.41) is 0. The first-order valence-corrected chi connectivity index (χ1v) is 5.36. The normalized spacial score (nSPS) is 12.4. The van der Waals surface area contributed by atoms with Gasteiger partial charge in [0.1, 0.15) is 6.10 Å². The van der Waals surface area contributed by atoms with Crippen molar-refractivity contribution in [3.05, 3.63) is 35.9 Å². The number of ketones is 1. The molecule has 2 heteroatoms. The van der Waals surface area contributed by atoms with Gasteiger partial charge in [0, 0.05) is 6.61 Å². The molecule has 2 nitrogen and oxygen atoms in total. The Balaban J connectivity index is 2.15. The molecule has 1 atom stereocenters. The van der Waals surface area contributed by atoms with Gasteiger partial charge in [0.2, 0.25) is 0 Å². The molecule has 0 N–H and O–H groups in total. The summed E-state index contributed by atoms with van der Waals surface area (Å²) in [5.74, 6) is 0.0923. The van der Waals surface area contributed by atoms with Crippen LogP contribution in [-0.2, 0) is 16.0 Å². The van der Waals surface area contributed by atoms with Crippen molar-refractivity contribution < 1.29 is 9.53 Å². The number of carbonyl (C=O) groups excluding carboxylic acids is 1. The number of ether oxygens (including phenoxy) is 1. The minimum absolute atomic E-state index is 0.0923. The van der Waals surface area contributed by atoms with Gasteiger partial charge in [-0.1, -0.05) is 30.3 Å². The average Bonchev–Trinajstić information content (AvgIpc) is 2.25. The van der Waals surface area contributed by atoms with E-state index in [4.69, 9.17) is 4.74 Å². The molecule has 15 heavy (non-hydrogen) atoms. The van der Waals surface area contributed by atoms with E-state index in [2.05, 4.69) is 12.1 Å². The van der Waals surface area contributed by atoms with Crippen LogP contribution in [0.4, 0.5) is 0 Å². The predicted octanol–water partition coefficient (Wildman–Crippen LogP) is 2.61. The number of rotatable bonds is 6. The van der Waals surface area contributed by atoms with Crippen molar-refractivity contribution in [3.8, 4) is 0 Å². The van der Waals surface area contributed by atoms with Crippen molar-refractivity contribution >= 4 is 5.78 Å². The Morgan fingerprint density at radius 2 is 2.00 bits per heavy atom. The monoisotopic (exact) mass is 206 g/mol. The smallest absolute Gasteiger partial charge is 0.158 e. The summed E-state index contributed by atoms with van der Waals surface area (Å²) in [6, 6.07) is 10.3. The maximum atomic E-state index is 10.9. The number of hydrogen-bond acceptors (Lipinski definition) is 2. The molecule has 0 bridgehead atoms. The lowest BCUT2D eigenvalue weighted by Crippen LogP contribution is -2.18. The molecule has 0 aliphatic rings. The van der Waals surface area contributed by atoms with Gasteiger partial charge in [-0.2, -0.15) is 0 Å². The SMILES string of the molecule is CC(=O)C(C)OCCCc1ccccc1. The highest BCUT2D eigenvalue weighted by atomic mass is 16.5. The largest absolute Gasteiger partial charge is 0.371 e. The fourth-order valence-corrected chi connectivity index (χ4v) is 1.30. The number of benzene rings is 1. The summed E-state index contributed by atoms with van der Waals surface area (Å²) in [6.07, 6.45) is 1.70. The first kappa shape index (κ1) is 11.9. The number of aryl methyl sites for hydroxylation is 1. The zero-order valence-corrected chi connectivity index (χ0v) is 9.40. The predicted molar refractivity (Wildman–Crippen MR) is 60.9 cm³/mol. The third kappa shape index (κ3) is 4.75. The second-order valence-electron chi connectivity index (χ2n) is 3.71. The van der Waals surface area contributed by atoms with E-state index in [1.807, 2.05) is 18.2 Å². The second-order valence-corrected chi connectivity index (χ2v) is 3.71. The molecule has 0 saturated heterocycles. The Bertz CT molecular complexity index is 293. The molecule has 0 aromatic heterocycles. The number of hydrogen-bond donors (Lipinski definition) is 0. The van der Waals surface area contributed by atoms with Gasteiger partial charge in [-0.3, -0.25) is 4.79 Å². The van der Waals surface area contributed by atoms with Crippen LogP contribution >= 0.6 is 0 Å². The fraction of sp³-hybridized carbons (Fsp3) is 0.462. The Hall–Kier alpha value is -1.15. The number of carbonyl (C=O) groups is 1. The van der Waals surface area contributed by atoms with E-state index in [1.54, 1.807) is 13.8 Å². The molecule has 0 heterocycles. The van der Waals surface area contributed by atoms with Gasteiger partial charge in [0.05, 0.1) is 0 Å². The topological polar surface area (TPSA) is 26.3 Å². The van der Waals surface area contributed by atoms with Gasteiger partial charge in [-0.05, 0) is 32.3 Å². The summed E-state index contributed by atoms with van der Waals surface area (Å²) in [4.78, 5) is 10.9. The highest BCUT2D eigenvalue weighted by Crippen LogP contribution is 2.03. The van der Waals surface area contributed by atoms with E-state index < -0.39 is 0 Å². The van der Waals surface area contributed by atoms with Crippen LogP contribution in [0.3, 0.4) is 0 Å². The van der Waals surface area contributed by atoms with E-state index >= 15 is 0 Å². The summed E-state index contributed by atoms with van der Waals surface area (Å²) in [5.41, 5.74) is 1.32.